The summed E-state index contributed by atoms with van der Waals surface area (Å²) in [5.74, 6) is 1.42. The molecular formula is C22H26ClN3O3S. The summed E-state index contributed by atoms with van der Waals surface area (Å²) in [5.41, 5.74) is 1.74. The van der Waals surface area contributed by atoms with Crippen LogP contribution in [-0.4, -0.2) is 41.0 Å². The van der Waals surface area contributed by atoms with E-state index in [1.807, 2.05) is 13.8 Å². The van der Waals surface area contributed by atoms with E-state index in [1.54, 1.807) is 29.3 Å². The molecule has 0 unspecified atom stereocenters. The molecule has 0 aromatic carbocycles. The van der Waals surface area contributed by atoms with Crippen LogP contribution in [0.5, 0.6) is 5.75 Å². The zero-order valence-corrected chi connectivity index (χ0v) is 18.8. The maximum absolute atomic E-state index is 12.6. The molecular weight excluding hydrogens is 422 g/mol. The summed E-state index contributed by atoms with van der Waals surface area (Å²) in [7, 11) is 0. The fourth-order valence-corrected chi connectivity index (χ4v) is 5.01. The molecule has 30 heavy (non-hydrogen) atoms. The number of nitrogens with one attached hydrogen (secondary N) is 1. The Morgan fingerprint density at radius 3 is 2.50 bits per heavy atom. The number of thiophene rings is 1. The van der Waals surface area contributed by atoms with Crippen molar-refractivity contribution >= 4 is 34.9 Å². The summed E-state index contributed by atoms with van der Waals surface area (Å²) in [5, 5.41) is 3.25. The van der Waals surface area contributed by atoms with Gasteiger partial charge in [0.1, 0.15) is 5.75 Å². The number of aromatic nitrogens is 1. The van der Waals surface area contributed by atoms with Crippen LogP contribution in [0.2, 0.25) is 4.34 Å². The third-order valence-corrected chi connectivity index (χ3v) is 7.36. The van der Waals surface area contributed by atoms with Crippen LogP contribution in [0.3, 0.4) is 0 Å². The standard InChI is InChI=1S/C22H26ClN3O3S/c1-13-14(2)24-10-7-17(13)29-22(28)26-11-8-16(9-12-26)20(15-3-4-15)25-21(27)18-5-6-19(23)30-18/h5-7,10,15-16,20H,3-4,8-9,11-12H2,1-2H3,(H,25,27)/t20-/m1/s1. The van der Waals surface area contributed by atoms with Crippen molar-refractivity contribution in [2.24, 2.45) is 11.8 Å². The highest BCUT2D eigenvalue weighted by molar-refractivity contribution is 7.18. The number of likely N-dealkylation sites (tertiary alicyclic amines) is 1. The van der Waals surface area contributed by atoms with Gasteiger partial charge >= 0.3 is 6.09 Å². The molecule has 2 aliphatic rings. The van der Waals surface area contributed by atoms with Gasteiger partial charge in [-0.15, -0.1) is 11.3 Å². The summed E-state index contributed by atoms with van der Waals surface area (Å²) in [4.78, 5) is 31.9. The number of rotatable bonds is 5. The van der Waals surface area contributed by atoms with Gasteiger partial charge in [0.15, 0.2) is 0 Å². The monoisotopic (exact) mass is 447 g/mol. The van der Waals surface area contributed by atoms with Crippen LogP contribution in [0.1, 0.15) is 46.6 Å². The zero-order chi connectivity index (χ0) is 21.3. The fourth-order valence-electron chi connectivity index (χ4n) is 4.06. The fraction of sp³-hybridized carbons (Fsp3) is 0.500. The molecule has 2 fully saturated rings. The molecule has 6 nitrogen and oxygen atoms in total. The number of ether oxygens (including phenoxy) is 1. The van der Waals surface area contributed by atoms with E-state index in [0.29, 0.717) is 39.9 Å². The molecule has 1 saturated carbocycles. The van der Waals surface area contributed by atoms with Gasteiger partial charge in [-0.2, -0.15) is 0 Å². The molecule has 3 heterocycles. The second kappa shape index (κ2) is 8.94. The number of halogens is 1. The Hall–Kier alpha value is -2.12. The highest BCUT2D eigenvalue weighted by Gasteiger charge is 2.39. The smallest absolute Gasteiger partial charge is 0.410 e. The Balaban J connectivity index is 1.33. The van der Waals surface area contributed by atoms with Crippen molar-refractivity contribution < 1.29 is 14.3 Å². The molecule has 1 aliphatic carbocycles. The predicted octanol–water partition coefficient (Wildman–Crippen LogP) is 4.83. The average molecular weight is 448 g/mol. The van der Waals surface area contributed by atoms with Gasteiger partial charge in [0, 0.05) is 36.6 Å². The summed E-state index contributed by atoms with van der Waals surface area (Å²) in [6.45, 7) is 5.07. The third-order valence-electron chi connectivity index (χ3n) is 6.13. The number of hydrogen-bond donors (Lipinski definition) is 1. The van der Waals surface area contributed by atoms with Gasteiger partial charge in [0.05, 0.1) is 9.21 Å². The topological polar surface area (TPSA) is 71.5 Å². The van der Waals surface area contributed by atoms with Crippen molar-refractivity contribution in [3.05, 3.63) is 44.9 Å². The van der Waals surface area contributed by atoms with Gasteiger partial charge in [-0.25, -0.2) is 4.79 Å². The van der Waals surface area contributed by atoms with Crippen molar-refractivity contribution in [1.82, 2.24) is 15.2 Å². The lowest BCUT2D eigenvalue weighted by atomic mass is 9.86. The molecule has 0 bridgehead atoms. The number of hydrogen-bond acceptors (Lipinski definition) is 5. The average Bonchev–Trinajstić information content (AvgIpc) is 3.49. The minimum absolute atomic E-state index is 0.0471. The normalized spacial score (nSPS) is 18.2. The minimum atomic E-state index is -0.317. The van der Waals surface area contributed by atoms with E-state index in [-0.39, 0.29) is 18.0 Å². The Morgan fingerprint density at radius 1 is 1.17 bits per heavy atom. The maximum Gasteiger partial charge on any atom is 0.415 e. The van der Waals surface area contributed by atoms with Gasteiger partial charge in [-0.3, -0.25) is 9.78 Å². The SMILES string of the molecule is Cc1nccc(OC(=O)N2CCC([C@H](NC(=O)c3ccc(Cl)s3)C3CC3)CC2)c1C. The highest BCUT2D eigenvalue weighted by Crippen LogP contribution is 2.39. The van der Waals surface area contributed by atoms with Crippen LogP contribution in [-0.2, 0) is 0 Å². The number of nitrogens with zero attached hydrogens (tertiary/aromatic N) is 2. The van der Waals surface area contributed by atoms with E-state index in [0.717, 1.165) is 36.9 Å². The molecule has 2 amide bonds. The second-order valence-electron chi connectivity index (χ2n) is 8.15. The molecule has 2 aromatic heterocycles. The van der Waals surface area contributed by atoms with Crippen LogP contribution in [0.25, 0.3) is 0 Å². The molecule has 160 valence electrons. The lowest BCUT2D eigenvalue weighted by Crippen LogP contribution is -2.48. The van der Waals surface area contributed by atoms with Crippen molar-refractivity contribution in [1.29, 1.82) is 0 Å². The van der Waals surface area contributed by atoms with E-state index in [9.17, 15) is 9.59 Å². The van der Waals surface area contributed by atoms with Crippen molar-refractivity contribution in [2.45, 2.75) is 45.6 Å². The molecule has 8 heteroatoms. The molecule has 1 N–H and O–H groups in total. The van der Waals surface area contributed by atoms with E-state index in [1.165, 1.54) is 11.3 Å². The van der Waals surface area contributed by atoms with Crippen LogP contribution >= 0.6 is 22.9 Å². The molecule has 0 spiro atoms. The number of carbonyl (C=O) groups is 2. The lowest BCUT2D eigenvalue weighted by molar-refractivity contribution is 0.0874. The van der Waals surface area contributed by atoms with Gasteiger partial charge < -0.3 is 15.0 Å². The van der Waals surface area contributed by atoms with E-state index in [4.69, 9.17) is 16.3 Å². The molecule has 4 rings (SSSR count). The lowest BCUT2D eigenvalue weighted by Gasteiger charge is -2.36. The number of pyridine rings is 1. The van der Waals surface area contributed by atoms with Gasteiger partial charge in [-0.1, -0.05) is 11.6 Å². The largest absolute Gasteiger partial charge is 0.415 e. The Bertz CT molecular complexity index is 935. The Labute approximate surface area is 185 Å². The highest BCUT2D eigenvalue weighted by atomic mass is 35.5. The number of amides is 2. The van der Waals surface area contributed by atoms with E-state index < -0.39 is 0 Å². The van der Waals surface area contributed by atoms with Crippen LogP contribution in [0.4, 0.5) is 4.79 Å². The summed E-state index contributed by atoms with van der Waals surface area (Å²) < 4.78 is 6.23. The minimum Gasteiger partial charge on any atom is -0.410 e. The predicted molar refractivity (Wildman–Crippen MR) is 117 cm³/mol. The van der Waals surface area contributed by atoms with Crippen molar-refractivity contribution in [2.75, 3.05) is 13.1 Å². The van der Waals surface area contributed by atoms with Gasteiger partial charge in [-0.05, 0) is 69.6 Å². The summed E-state index contributed by atoms with van der Waals surface area (Å²) in [6, 6.07) is 5.40. The first-order valence-corrected chi connectivity index (χ1v) is 11.6. The third kappa shape index (κ3) is 4.78. The van der Waals surface area contributed by atoms with Crippen LogP contribution < -0.4 is 10.1 Å². The van der Waals surface area contributed by atoms with Gasteiger partial charge in [0.2, 0.25) is 0 Å². The second-order valence-corrected chi connectivity index (χ2v) is 9.87. The quantitative estimate of drug-likeness (QED) is 0.712. The molecule has 1 atom stereocenters. The number of piperidine rings is 1. The molecule has 0 radical (unpaired) electrons. The first-order valence-electron chi connectivity index (χ1n) is 10.4. The molecule has 2 aromatic rings. The Kier molecular flexibility index (Phi) is 6.29. The molecule has 1 saturated heterocycles. The summed E-state index contributed by atoms with van der Waals surface area (Å²) >= 11 is 7.28. The van der Waals surface area contributed by atoms with Gasteiger partial charge in [0.25, 0.3) is 5.91 Å². The van der Waals surface area contributed by atoms with E-state index >= 15 is 0 Å². The first kappa shape index (κ1) is 21.1. The molecule has 1 aliphatic heterocycles. The Morgan fingerprint density at radius 2 is 1.87 bits per heavy atom. The van der Waals surface area contributed by atoms with Crippen molar-refractivity contribution in [3.8, 4) is 5.75 Å². The van der Waals surface area contributed by atoms with E-state index in [2.05, 4.69) is 10.3 Å². The number of aryl methyl sites for hydroxylation is 1. The van der Waals surface area contributed by atoms with Crippen molar-refractivity contribution in [3.63, 3.8) is 0 Å². The zero-order valence-electron chi connectivity index (χ0n) is 17.2. The maximum atomic E-state index is 12.6. The van der Waals surface area contributed by atoms with Crippen LogP contribution in [0.15, 0.2) is 24.4 Å². The van der Waals surface area contributed by atoms with Crippen LogP contribution in [0, 0.1) is 25.7 Å². The summed E-state index contributed by atoms with van der Waals surface area (Å²) in [6.07, 6.45) is 5.35. The number of carbonyl (C=O) groups excluding carboxylic acids is 2. The first-order chi connectivity index (χ1) is 14.4.